The Morgan fingerprint density at radius 3 is 2.14 bits per heavy atom. The van der Waals surface area contributed by atoms with Crippen LogP contribution in [0.1, 0.15) is 5.56 Å². The van der Waals surface area contributed by atoms with E-state index in [1.54, 1.807) is 36.4 Å². The molecule has 0 aliphatic heterocycles. The Kier molecular flexibility index (Phi) is 6.99. The van der Waals surface area contributed by atoms with E-state index in [1.165, 1.54) is 23.9 Å². The molecule has 1 N–H and O–H groups in total. The lowest BCUT2D eigenvalue weighted by atomic mass is 10.2. The number of rotatable bonds is 7. The molecule has 0 fully saturated rings. The van der Waals surface area contributed by atoms with E-state index in [-0.39, 0.29) is 14.8 Å². The maximum atomic E-state index is 13.1. The molecule has 0 aromatic heterocycles. The van der Waals surface area contributed by atoms with E-state index >= 15 is 0 Å². The number of nitriles is 1. The molecule has 0 bridgehead atoms. The van der Waals surface area contributed by atoms with Crippen molar-refractivity contribution < 1.29 is 8.42 Å². The van der Waals surface area contributed by atoms with E-state index in [0.717, 1.165) is 5.56 Å². The summed E-state index contributed by atoms with van der Waals surface area (Å²) in [5.41, 5.74) is 1.53. The molecule has 0 saturated carbocycles. The Morgan fingerprint density at radius 2 is 1.52 bits per heavy atom. The molecule has 4 nitrogen and oxygen atoms in total. The molecule has 0 heterocycles. The third-order valence-corrected chi connectivity index (χ3v) is 7.27. The fraction of sp³-hybridized carbons (Fsp3) is 0.0455. The minimum absolute atomic E-state index is 0.0715. The van der Waals surface area contributed by atoms with Gasteiger partial charge in [0.15, 0.2) is 4.91 Å². The third-order valence-electron chi connectivity index (χ3n) is 3.99. The molecule has 0 spiro atoms. The topological polar surface area (TPSA) is 70.0 Å². The number of nitrogens with one attached hydrogen (secondary N) is 1. The highest BCUT2D eigenvalue weighted by Crippen LogP contribution is 2.32. The van der Waals surface area contributed by atoms with E-state index in [2.05, 4.69) is 5.32 Å². The Labute approximate surface area is 179 Å². The normalized spacial score (nSPS) is 12.0. The molecule has 0 aliphatic carbocycles. The molecular formula is C22H17ClN2O2S2. The van der Waals surface area contributed by atoms with E-state index in [1.807, 2.05) is 42.5 Å². The first-order chi connectivity index (χ1) is 14.0. The molecule has 3 rings (SSSR count). The first-order valence-corrected chi connectivity index (χ1v) is 11.5. The van der Waals surface area contributed by atoms with E-state index < -0.39 is 9.84 Å². The largest absolute Gasteiger partial charge is 0.349 e. The number of benzene rings is 3. The Morgan fingerprint density at radius 1 is 0.931 bits per heavy atom. The van der Waals surface area contributed by atoms with Gasteiger partial charge in [-0.05, 0) is 35.9 Å². The zero-order valence-corrected chi connectivity index (χ0v) is 17.6. The van der Waals surface area contributed by atoms with Gasteiger partial charge in [0.05, 0.1) is 4.90 Å². The van der Waals surface area contributed by atoms with Gasteiger partial charge in [0.1, 0.15) is 11.1 Å². The summed E-state index contributed by atoms with van der Waals surface area (Å²) >= 11 is 7.45. The van der Waals surface area contributed by atoms with Gasteiger partial charge in [-0.1, -0.05) is 66.2 Å². The van der Waals surface area contributed by atoms with Crippen LogP contribution in [0.2, 0.25) is 5.02 Å². The van der Waals surface area contributed by atoms with Crippen LogP contribution in [-0.4, -0.2) is 8.42 Å². The van der Waals surface area contributed by atoms with Gasteiger partial charge >= 0.3 is 0 Å². The van der Waals surface area contributed by atoms with E-state index in [0.29, 0.717) is 16.5 Å². The molecule has 3 aromatic rings. The standard InChI is InChI=1S/C22H17ClN2O2S2/c23-20-14-8-7-9-17(20)16-28-22(25-18-10-3-1-4-11-18)21(15-24)29(26,27)19-12-5-2-6-13-19/h1-14,25H,16H2/b22-21+. The maximum absolute atomic E-state index is 13.1. The number of halogens is 1. The molecule has 29 heavy (non-hydrogen) atoms. The van der Waals surface area contributed by atoms with Crippen molar-refractivity contribution >= 4 is 38.9 Å². The second-order valence-electron chi connectivity index (χ2n) is 5.96. The first-order valence-electron chi connectivity index (χ1n) is 8.65. The number of hydrogen-bond acceptors (Lipinski definition) is 5. The molecule has 0 aliphatic rings. The number of sulfone groups is 1. The van der Waals surface area contributed by atoms with Crippen LogP contribution in [0.5, 0.6) is 0 Å². The van der Waals surface area contributed by atoms with Gasteiger partial charge in [0, 0.05) is 16.5 Å². The third kappa shape index (κ3) is 5.21. The van der Waals surface area contributed by atoms with Crippen LogP contribution in [0.15, 0.2) is 99.8 Å². The van der Waals surface area contributed by atoms with Crippen LogP contribution in [0.4, 0.5) is 5.69 Å². The predicted molar refractivity (Wildman–Crippen MR) is 119 cm³/mol. The predicted octanol–water partition coefficient (Wildman–Crippen LogP) is 5.85. The minimum Gasteiger partial charge on any atom is -0.349 e. The van der Waals surface area contributed by atoms with Gasteiger partial charge in [0.25, 0.3) is 0 Å². The number of thioether (sulfide) groups is 1. The number of nitrogens with zero attached hydrogens (tertiary/aromatic N) is 1. The molecule has 0 atom stereocenters. The van der Waals surface area contributed by atoms with E-state index in [9.17, 15) is 13.7 Å². The summed E-state index contributed by atoms with van der Waals surface area (Å²) in [4.78, 5) is -0.258. The van der Waals surface area contributed by atoms with Gasteiger partial charge in [-0.3, -0.25) is 0 Å². The van der Waals surface area contributed by atoms with Gasteiger partial charge < -0.3 is 5.32 Å². The smallest absolute Gasteiger partial charge is 0.219 e. The summed E-state index contributed by atoms with van der Waals surface area (Å²) in [5, 5.41) is 13.7. The molecule has 0 amide bonds. The van der Waals surface area contributed by atoms with Crippen LogP contribution >= 0.6 is 23.4 Å². The van der Waals surface area contributed by atoms with Gasteiger partial charge in [0.2, 0.25) is 9.84 Å². The minimum atomic E-state index is -3.98. The molecular weight excluding hydrogens is 424 g/mol. The maximum Gasteiger partial charge on any atom is 0.219 e. The summed E-state index contributed by atoms with van der Waals surface area (Å²) < 4.78 is 26.2. The highest BCUT2D eigenvalue weighted by Gasteiger charge is 2.25. The second kappa shape index (κ2) is 9.66. The fourth-order valence-electron chi connectivity index (χ4n) is 2.53. The highest BCUT2D eigenvalue weighted by atomic mass is 35.5. The van der Waals surface area contributed by atoms with Crippen LogP contribution in [-0.2, 0) is 15.6 Å². The van der Waals surface area contributed by atoms with Crippen molar-refractivity contribution in [1.82, 2.24) is 0 Å². The Hall–Kier alpha value is -2.72. The van der Waals surface area contributed by atoms with Crippen molar-refractivity contribution in [2.24, 2.45) is 0 Å². The van der Waals surface area contributed by atoms with Gasteiger partial charge in [-0.25, -0.2) is 8.42 Å². The highest BCUT2D eigenvalue weighted by molar-refractivity contribution is 8.04. The lowest BCUT2D eigenvalue weighted by Gasteiger charge is -2.14. The summed E-state index contributed by atoms with van der Waals surface area (Å²) in [5.74, 6) is 0.407. The van der Waals surface area contributed by atoms with Crippen molar-refractivity contribution in [3.63, 3.8) is 0 Å². The number of para-hydroxylation sites is 1. The fourth-order valence-corrected chi connectivity index (χ4v) is 5.40. The Balaban J connectivity index is 2.04. The van der Waals surface area contributed by atoms with Crippen molar-refractivity contribution in [2.45, 2.75) is 10.6 Å². The monoisotopic (exact) mass is 440 g/mol. The van der Waals surface area contributed by atoms with Crippen molar-refractivity contribution in [3.8, 4) is 6.07 Å². The molecule has 7 heteroatoms. The SMILES string of the molecule is N#C/C(=C(/Nc1ccccc1)SCc1ccccc1Cl)S(=O)(=O)c1ccccc1. The summed E-state index contributed by atoms with van der Waals surface area (Å²) in [6.45, 7) is 0. The zero-order valence-electron chi connectivity index (χ0n) is 15.2. The zero-order chi connectivity index (χ0) is 20.7. The average Bonchev–Trinajstić information content (AvgIpc) is 2.74. The lowest BCUT2D eigenvalue weighted by Crippen LogP contribution is -2.10. The van der Waals surface area contributed by atoms with Crippen molar-refractivity contribution in [3.05, 3.63) is 105 Å². The molecule has 146 valence electrons. The molecule has 0 saturated heterocycles. The lowest BCUT2D eigenvalue weighted by molar-refractivity contribution is 0.603. The molecule has 0 radical (unpaired) electrons. The number of allylic oxidation sites excluding steroid dienone is 1. The number of anilines is 1. The van der Waals surface area contributed by atoms with Crippen LogP contribution in [0.3, 0.4) is 0 Å². The summed E-state index contributed by atoms with van der Waals surface area (Å²) in [6, 6.07) is 26.3. The summed E-state index contributed by atoms with van der Waals surface area (Å²) in [6.07, 6.45) is 0. The van der Waals surface area contributed by atoms with Crippen LogP contribution in [0.25, 0.3) is 0 Å². The summed E-state index contributed by atoms with van der Waals surface area (Å²) in [7, 11) is -3.98. The first kappa shape index (κ1) is 21.0. The van der Waals surface area contributed by atoms with Crippen molar-refractivity contribution in [2.75, 3.05) is 5.32 Å². The number of hydrogen-bond donors (Lipinski definition) is 1. The second-order valence-corrected chi connectivity index (χ2v) is 9.24. The van der Waals surface area contributed by atoms with Gasteiger partial charge in [-0.15, -0.1) is 11.8 Å². The average molecular weight is 441 g/mol. The van der Waals surface area contributed by atoms with Crippen LogP contribution < -0.4 is 5.32 Å². The molecule has 3 aromatic carbocycles. The van der Waals surface area contributed by atoms with Crippen LogP contribution in [0, 0.1) is 11.3 Å². The quantitative estimate of drug-likeness (QED) is 0.466. The molecule has 0 unspecified atom stereocenters. The van der Waals surface area contributed by atoms with E-state index in [4.69, 9.17) is 11.6 Å². The Bertz CT molecular complexity index is 1160. The van der Waals surface area contributed by atoms with Crippen molar-refractivity contribution in [1.29, 1.82) is 5.26 Å². The van der Waals surface area contributed by atoms with Gasteiger partial charge in [-0.2, -0.15) is 5.26 Å².